The van der Waals surface area contributed by atoms with E-state index in [-0.39, 0.29) is 34.1 Å². The van der Waals surface area contributed by atoms with Gasteiger partial charge in [-0.1, -0.05) is 25.4 Å². The highest BCUT2D eigenvalue weighted by Crippen LogP contribution is 2.27. The number of hydrogen-bond donors (Lipinski definition) is 1. The lowest BCUT2D eigenvalue weighted by Crippen LogP contribution is -2.34. The number of rotatable bonds is 9. The van der Waals surface area contributed by atoms with Gasteiger partial charge in [0.05, 0.1) is 9.92 Å². The highest BCUT2D eigenvalue weighted by atomic mass is 35.5. The van der Waals surface area contributed by atoms with Crippen molar-refractivity contribution in [2.45, 2.75) is 32.6 Å². The standard InChI is InChI=1S/C16H25ClN2O4S/c1-5-19(6-2)16(20)11-23-15-8-7-13(9-14(15)17)24(21,22)18-10-12(3)4/h7-9,12,18H,5-6,10-11H2,1-4H3. The van der Waals surface area contributed by atoms with Gasteiger partial charge >= 0.3 is 0 Å². The Morgan fingerprint density at radius 3 is 2.42 bits per heavy atom. The minimum absolute atomic E-state index is 0.0653. The molecule has 1 amide bonds. The topological polar surface area (TPSA) is 75.7 Å². The van der Waals surface area contributed by atoms with Crippen molar-refractivity contribution in [1.29, 1.82) is 0 Å². The highest BCUT2D eigenvalue weighted by Gasteiger charge is 2.17. The molecular weight excluding hydrogens is 352 g/mol. The first-order chi connectivity index (χ1) is 11.2. The zero-order valence-corrected chi connectivity index (χ0v) is 16.1. The molecule has 0 spiro atoms. The van der Waals surface area contributed by atoms with Crippen molar-refractivity contribution in [3.8, 4) is 5.75 Å². The van der Waals surface area contributed by atoms with E-state index in [0.717, 1.165) is 0 Å². The molecular formula is C16H25ClN2O4S. The second-order valence-corrected chi connectivity index (χ2v) is 7.87. The SMILES string of the molecule is CCN(CC)C(=O)COc1ccc(S(=O)(=O)NCC(C)C)cc1Cl. The molecule has 0 fully saturated rings. The number of amides is 1. The Balaban J connectivity index is 2.79. The van der Waals surface area contributed by atoms with Gasteiger partial charge in [0.1, 0.15) is 5.75 Å². The van der Waals surface area contributed by atoms with Gasteiger partial charge in [0.15, 0.2) is 6.61 Å². The number of ether oxygens (including phenoxy) is 1. The summed E-state index contributed by atoms with van der Waals surface area (Å²) >= 11 is 6.09. The number of halogens is 1. The van der Waals surface area contributed by atoms with E-state index in [1.165, 1.54) is 18.2 Å². The first kappa shape index (κ1) is 20.7. The van der Waals surface area contributed by atoms with Crippen LogP contribution in [-0.2, 0) is 14.8 Å². The summed E-state index contributed by atoms with van der Waals surface area (Å²) in [6, 6.07) is 4.19. The Labute approximate surface area is 149 Å². The van der Waals surface area contributed by atoms with Gasteiger partial charge in [-0.2, -0.15) is 0 Å². The zero-order valence-electron chi connectivity index (χ0n) is 14.5. The van der Waals surface area contributed by atoms with Crippen LogP contribution in [0.25, 0.3) is 0 Å². The Kier molecular flexibility index (Phi) is 7.99. The largest absolute Gasteiger partial charge is 0.482 e. The molecule has 0 heterocycles. The van der Waals surface area contributed by atoms with Gasteiger partial charge in [0, 0.05) is 19.6 Å². The van der Waals surface area contributed by atoms with Crippen LogP contribution in [0.3, 0.4) is 0 Å². The molecule has 0 saturated carbocycles. The summed E-state index contributed by atoms with van der Waals surface area (Å²) in [5.41, 5.74) is 0. The molecule has 0 aliphatic heterocycles. The third kappa shape index (κ3) is 5.96. The summed E-state index contributed by atoms with van der Waals surface area (Å²) in [6.07, 6.45) is 0. The molecule has 1 aromatic carbocycles. The lowest BCUT2D eigenvalue weighted by Gasteiger charge is -2.19. The van der Waals surface area contributed by atoms with Crippen molar-refractivity contribution in [1.82, 2.24) is 9.62 Å². The van der Waals surface area contributed by atoms with Crippen LogP contribution in [-0.4, -0.2) is 45.5 Å². The van der Waals surface area contributed by atoms with Crippen LogP contribution in [0.5, 0.6) is 5.75 Å². The number of carbonyl (C=O) groups excluding carboxylic acids is 1. The molecule has 0 bridgehead atoms. The predicted octanol–water partition coefficient (Wildman–Crippen LogP) is 2.52. The van der Waals surface area contributed by atoms with Gasteiger partial charge < -0.3 is 9.64 Å². The van der Waals surface area contributed by atoms with Crippen molar-refractivity contribution >= 4 is 27.5 Å². The molecule has 0 aliphatic rings. The molecule has 0 saturated heterocycles. The van der Waals surface area contributed by atoms with Gasteiger partial charge in [-0.05, 0) is 38.0 Å². The van der Waals surface area contributed by atoms with Crippen LogP contribution in [0.1, 0.15) is 27.7 Å². The smallest absolute Gasteiger partial charge is 0.260 e. The third-order valence-electron chi connectivity index (χ3n) is 3.36. The fraction of sp³-hybridized carbons (Fsp3) is 0.562. The lowest BCUT2D eigenvalue weighted by molar-refractivity contribution is -0.132. The summed E-state index contributed by atoms with van der Waals surface area (Å²) in [5.74, 6) is 0.329. The minimum atomic E-state index is -3.61. The lowest BCUT2D eigenvalue weighted by atomic mass is 10.2. The maximum absolute atomic E-state index is 12.2. The van der Waals surface area contributed by atoms with E-state index < -0.39 is 10.0 Å². The first-order valence-electron chi connectivity index (χ1n) is 7.91. The van der Waals surface area contributed by atoms with Gasteiger partial charge in [-0.25, -0.2) is 13.1 Å². The normalized spacial score (nSPS) is 11.6. The third-order valence-corrected chi connectivity index (χ3v) is 5.08. The Morgan fingerprint density at radius 1 is 1.29 bits per heavy atom. The molecule has 1 N–H and O–H groups in total. The maximum atomic E-state index is 12.2. The number of nitrogens with zero attached hydrogens (tertiary/aromatic N) is 1. The van der Waals surface area contributed by atoms with E-state index >= 15 is 0 Å². The Bertz CT molecular complexity index is 658. The summed E-state index contributed by atoms with van der Waals surface area (Å²) in [5, 5.41) is 0.148. The maximum Gasteiger partial charge on any atom is 0.260 e. The number of carbonyl (C=O) groups is 1. The van der Waals surface area contributed by atoms with Gasteiger partial charge in [-0.15, -0.1) is 0 Å². The van der Waals surface area contributed by atoms with Crippen LogP contribution >= 0.6 is 11.6 Å². The summed E-state index contributed by atoms with van der Waals surface area (Å²) in [6.45, 7) is 9.01. The predicted molar refractivity (Wildman–Crippen MR) is 94.9 cm³/mol. The number of sulfonamides is 1. The van der Waals surface area contributed by atoms with Crippen LogP contribution in [0.4, 0.5) is 0 Å². The molecule has 0 aromatic heterocycles. The molecule has 8 heteroatoms. The van der Waals surface area contributed by atoms with E-state index in [0.29, 0.717) is 19.6 Å². The molecule has 0 atom stereocenters. The summed E-state index contributed by atoms with van der Waals surface area (Å²) in [7, 11) is -3.61. The van der Waals surface area contributed by atoms with Crippen LogP contribution < -0.4 is 9.46 Å². The molecule has 24 heavy (non-hydrogen) atoms. The van der Waals surface area contributed by atoms with E-state index in [1.54, 1.807) is 4.90 Å². The van der Waals surface area contributed by atoms with Crippen molar-refractivity contribution in [2.75, 3.05) is 26.2 Å². The monoisotopic (exact) mass is 376 g/mol. The molecule has 0 aliphatic carbocycles. The van der Waals surface area contributed by atoms with Crippen LogP contribution in [0.2, 0.25) is 5.02 Å². The molecule has 136 valence electrons. The summed E-state index contributed by atoms with van der Waals surface area (Å²) in [4.78, 5) is 13.6. The quantitative estimate of drug-likeness (QED) is 0.718. The number of likely N-dealkylation sites (N-methyl/N-ethyl adjacent to an activating group) is 1. The molecule has 0 unspecified atom stereocenters. The highest BCUT2D eigenvalue weighted by molar-refractivity contribution is 7.89. The second-order valence-electron chi connectivity index (χ2n) is 5.69. The number of nitrogens with one attached hydrogen (secondary N) is 1. The van der Waals surface area contributed by atoms with Crippen molar-refractivity contribution in [3.05, 3.63) is 23.2 Å². The van der Waals surface area contributed by atoms with E-state index in [2.05, 4.69) is 4.72 Å². The van der Waals surface area contributed by atoms with Crippen LogP contribution in [0, 0.1) is 5.92 Å². The van der Waals surface area contributed by atoms with E-state index in [4.69, 9.17) is 16.3 Å². The second kappa shape index (κ2) is 9.25. The summed E-state index contributed by atoms with van der Waals surface area (Å²) < 4.78 is 32.2. The Hall–Kier alpha value is -1.31. The Morgan fingerprint density at radius 2 is 1.92 bits per heavy atom. The molecule has 0 radical (unpaired) electrons. The average Bonchev–Trinajstić information content (AvgIpc) is 2.53. The minimum Gasteiger partial charge on any atom is -0.482 e. The molecule has 1 aromatic rings. The van der Waals surface area contributed by atoms with E-state index in [1.807, 2.05) is 27.7 Å². The number of hydrogen-bond acceptors (Lipinski definition) is 4. The number of benzene rings is 1. The van der Waals surface area contributed by atoms with Crippen molar-refractivity contribution < 1.29 is 17.9 Å². The van der Waals surface area contributed by atoms with Gasteiger partial charge in [-0.3, -0.25) is 4.79 Å². The van der Waals surface area contributed by atoms with Crippen molar-refractivity contribution in [3.63, 3.8) is 0 Å². The van der Waals surface area contributed by atoms with Gasteiger partial charge in [0.2, 0.25) is 10.0 Å². The molecule has 6 nitrogen and oxygen atoms in total. The van der Waals surface area contributed by atoms with Gasteiger partial charge in [0.25, 0.3) is 5.91 Å². The van der Waals surface area contributed by atoms with Crippen LogP contribution in [0.15, 0.2) is 23.1 Å². The zero-order chi connectivity index (χ0) is 18.3. The average molecular weight is 377 g/mol. The fourth-order valence-corrected chi connectivity index (χ4v) is 3.47. The van der Waals surface area contributed by atoms with E-state index in [9.17, 15) is 13.2 Å². The first-order valence-corrected chi connectivity index (χ1v) is 9.77. The fourth-order valence-electron chi connectivity index (χ4n) is 1.93. The van der Waals surface area contributed by atoms with Crippen molar-refractivity contribution in [2.24, 2.45) is 5.92 Å². The molecule has 1 rings (SSSR count).